The number of nitrogens with one attached hydrogen (secondary N) is 1. The number of nitrogens with two attached hydrogens (primary N) is 1. The minimum atomic E-state index is 0.109. The lowest BCUT2D eigenvalue weighted by Crippen LogP contribution is -2.32. The van der Waals surface area contributed by atoms with Gasteiger partial charge in [0.1, 0.15) is 0 Å². The number of hydrogen-bond acceptors (Lipinski definition) is 2. The van der Waals surface area contributed by atoms with Gasteiger partial charge in [0.2, 0.25) is 5.91 Å². The van der Waals surface area contributed by atoms with Crippen LogP contribution in [0.3, 0.4) is 0 Å². The van der Waals surface area contributed by atoms with Crippen molar-refractivity contribution in [1.82, 2.24) is 5.32 Å². The quantitative estimate of drug-likeness (QED) is 0.611. The molecule has 1 atom stereocenters. The van der Waals surface area contributed by atoms with E-state index in [1.807, 2.05) is 6.92 Å². The average molecular weight is 186 g/mol. The van der Waals surface area contributed by atoms with Gasteiger partial charge in [-0.2, -0.15) is 0 Å². The van der Waals surface area contributed by atoms with Gasteiger partial charge in [-0.25, -0.2) is 0 Å². The zero-order valence-corrected chi connectivity index (χ0v) is 8.97. The van der Waals surface area contributed by atoms with Gasteiger partial charge in [-0.3, -0.25) is 4.79 Å². The summed E-state index contributed by atoms with van der Waals surface area (Å²) in [7, 11) is 0. The maximum absolute atomic E-state index is 11.4. The summed E-state index contributed by atoms with van der Waals surface area (Å²) in [6.07, 6.45) is 1.96. The Kier molecular flexibility index (Phi) is 6.59. The largest absolute Gasteiger partial charge is 0.356 e. The predicted octanol–water partition coefficient (Wildman–Crippen LogP) is 1.13. The molecule has 0 fully saturated rings. The van der Waals surface area contributed by atoms with Crippen LogP contribution in [-0.4, -0.2) is 19.0 Å². The maximum atomic E-state index is 11.4. The minimum absolute atomic E-state index is 0.109. The zero-order chi connectivity index (χ0) is 10.3. The van der Waals surface area contributed by atoms with Crippen molar-refractivity contribution in [2.75, 3.05) is 13.1 Å². The van der Waals surface area contributed by atoms with Gasteiger partial charge in [0.15, 0.2) is 0 Å². The van der Waals surface area contributed by atoms with E-state index in [9.17, 15) is 4.79 Å². The molecule has 0 bridgehead atoms. The van der Waals surface area contributed by atoms with Crippen LogP contribution in [0.4, 0.5) is 0 Å². The summed E-state index contributed by atoms with van der Waals surface area (Å²) in [5, 5.41) is 2.90. The van der Waals surface area contributed by atoms with Crippen LogP contribution in [0, 0.1) is 11.8 Å². The van der Waals surface area contributed by atoms with E-state index in [4.69, 9.17) is 5.73 Å². The van der Waals surface area contributed by atoms with Crippen molar-refractivity contribution in [3.63, 3.8) is 0 Å². The Balaban J connectivity index is 3.50. The SMILES string of the molecule is CC(C)C(C)C(=O)NCCCCN. The van der Waals surface area contributed by atoms with Crippen molar-refractivity contribution < 1.29 is 4.79 Å². The Morgan fingerprint density at radius 2 is 1.92 bits per heavy atom. The normalized spacial score (nSPS) is 13.0. The van der Waals surface area contributed by atoms with Gasteiger partial charge < -0.3 is 11.1 Å². The summed E-state index contributed by atoms with van der Waals surface area (Å²) >= 11 is 0. The second-order valence-corrected chi connectivity index (χ2v) is 3.82. The molecule has 0 radical (unpaired) electrons. The third kappa shape index (κ3) is 5.64. The Labute approximate surface area is 81.1 Å². The molecule has 0 aromatic carbocycles. The highest BCUT2D eigenvalue weighted by Gasteiger charge is 2.15. The van der Waals surface area contributed by atoms with Crippen LogP contribution >= 0.6 is 0 Å². The van der Waals surface area contributed by atoms with Crippen LogP contribution < -0.4 is 11.1 Å². The average Bonchev–Trinajstić information content (AvgIpc) is 2.10. The van der Waals surface area contributed by atoms with Crippen molar-refractivity contribution in [3.8, 4) is 0 Å². The Bertz CT molecular complexity index is 146. The molecular formula is C10H22N2O. The van der Waals surface area contributed by atoms with Crippen LogP contribution in [0.1, 0.15) is 33.6 Å². The molecule has 78 valence electrons. The molecule has 1 amide bonds. The number of carbonyl (C=O) groups is 1. The topological polar surface area (TPSA) is 55.1 Å². The van der Waals surface area contributed by atoms with E-state index in [-0.39, 0.29) is 11.8 Å². The standard InChI is InChI=1S/C10H22N2O/c1-8(2)9(3)10(13)12-7-5-4-6-11/h8-9H,4-7,11H2,1-3H3,(H,12,13). The number of amides is 1. The Morgan fingerprint density at radius 1 is 1.31 bits per heavy atom. The van der Waals surface area contributed by atoms with E-state index in [1.165, 1.54) is 0 Å². The molecule has 0 rings (SSSR count). The molecular weight excluding hydrogens is 164 g/mol. The van der Waals surface area contributed by atoms with Gasteiger partial charge in [-0.1, -0.05) is 20.8 Å². The molecule has 0 aliphatic heterocycles. The summed E-state index contributed by atoms with van der Waals surface area (Å²) < 4.78 is 0. The van der Waals surface area contributed by atoms with Gasteiger partial charge in [0.25, 0.3) is 0 Å². The second-order valence-electron chi connectivity index (χ2n) is 3.82. The molecule has 3 N–H and O–H groups in total. The molecule has 0 aliphatic carbocycles. The predicted molar refractivity (Wildman–Crippen MR) is 55.3 cm³/mol. The number of carbonyl (C=O) groups excluding carboxylic acids is 1. The van der Waals surface area contributed by atoms with Gasteiger partial charge in [-0.15, -0.1) is 0 Å². The lowest BCUT2D eigenvalue weighted by atomic mass is 9.97. The Hall–Kier alpha value is -0.570. The van der Waals surface area contributed by atoms with Gasteiger partial charge in [-0.05, 0) is 25.3 Å². The number of rotatable bonds is 6. The van der Waals surface area contributed by atoms with E-state index in [0.717, 1.165) is 19.4 Å². The first kappa shape index (κ1) is 12.4. The fraction of sp³-hybridized carbons (Fsp3) is 0.900. The van der Waals surface area contributed by atoms with Gasteiger partial charge in [0.05, 0.1) is 0 Å². The first-order valence-electron chi connectivity index (χ1n) is 5.07. The molecule has 0 spiro atoms. The lowest BCUT2D eigenvalue weighted by Gasteiger charge is -2.14. The van der Waals surface area contributed by atoms with Crippen LogP contribution in [0.15, 0.2) is 0 Å². The molecule has 0 saturated heterocycles. The summed E-state index contributed by atoms with van der Waals surface area (Å²) in [5.41, 5.74) is 5.34. The fourth-order valence-corrected chi connectivity index (χ4v) is 0.945. The lowest BCUT2D eigenvalue weighted by molar-refractivity contribution is -0.125. The van der Waals surface area contributed by atoms with Crippen molar-refractivity contribution in [3.05, 3.63) is 0 Å². The third-order valence-corrected chi connectivity index (χ3v) is 2.34. The van der Waals surface area contributed by atoms with Gasteiger partial charge in [0, 0.05) is 12.5 Å². The number of hydrogen-bond donors (Lipinski definition) is 2. The summed E-state index contributed by atoms with van der Waals surface area (Å²) in [6, 6.07) is 0. The molecule has 3 nitrogen and oxygen atoms in total. The van der Waals surface area contributed by atoms with Crippen molar-refractivity contribution >= 4 is 5.91 Å². The smallest absolute Gasteiger partial charge is 0.223 e. The van der Waals surface area contributed by atoms with Crippen LogP contribution in [0.2, 0.25) is 0 Å². The maximum Gasteiger partial charge on any atom is 0.223 e. The second kappa shape index (κ2) is 6.89. The minimum Gasteiger partial charge on any atom is -0.356 e. The van der Waals surface area contributed by atoms with E-state index < -0.39 is 0 Å². The van der Waals surface area contributed by atoms with E-state index in [2.05, 4.69) is 19.2 Å². The van der Waals surface area contributed by atoms with Crippen molar-refractivity contribution in [1.29, 1.82) is 0 Å². The van der Waals surface area contributed by atoms with Crippen molar-refractivity contribution in [2.24, 2.45) is 17.6 Å². The van der Waals surface area contributed by atoms with Crippen molar-refractivity contribution in [2.45, 2.75) is 33.6 Å². The fourth-order valence-electron chi connectivity index (χ4n) is 0.945. The van der Waals surface area contributed by atoms with Crippen LogP contribution in [-0.2, 0) is 4.79 Å². The molecule has 0 heterocycles. The van der Waals surface area contributed by atoms with E-state index in [0.29, 0.717) is 12.5 Å². The highest BCUT2D eigenvalue weighted by atomic mass is 16.1. The molecule has 13 heavy (non-hydrogen) atoms. The highest BCUT2D eigenvalue weighted by molar-refractivity contribution is 5.78. The van der Waals surface area contributed by atoms with E-state index >= 15 is 0 Å². The molecule has 0 aromatic heterocycles. The summed E-state index contributed by atoms with van der Waals surface area (Å²) in [6.45, 7) is 7.54. The van der Waals surface area contributed by atoms with Crippen LogP contribution in [0.25, 0.3) is 0 Å². The molecule has 0 aliphatic rings. The van der Waals surface area contributed by atoms with Crippen LogP contribution in [0.5, 0.6) is 0 Å². The number of unbranched alkanes of at least 4 members (excludes halogenated alkanes) is 1. The molecule has 3 heteroatoms. The highest BCUT2D eigenvalue weighted by Crippen LogP contribution is 2.08. The molecule has 0 saturated carbocycles. The summed E-state index contributed by atoms with van der Waals surface area (Å²) in [4.78, 5) is 11.4. The zero-order valence-electron chi connectivity index (χ0n) is 8.97. The first-order valence-corrected chi connectivity index (χ1v) is 5.07. The molecule has 1 unspecified atom stereocenters. The first-order chi connectivity index (χ1) is 6.09. The molecule has 0 aromatic rings. The van der Waals surface area contributed by atoms with E-state index in [1.54, 1.807) is 0 Å². The summed E-state index contributed by atoms with van der Waals surface area (Å²) in [5.74, 6) is 0.680. The third-order valence-electron chi connectivity index (χ3n) is 2.34. The Morgan fingerprint density at radius 3 is 2.38 bits per heavy atom. The van der Waals surface area contributed by atoms with Gasteiger partial charge >= 0.3 is 0 Å². The monoisotopic (exact) mass is 186 g/mol.